The fourth-order valence-electron chi connectivity index (χ4n) is 3.17. The number of imide groups is 1. The normalized spacial score (nSPS) is 13.9. The average Bonchev–Trinajstić information content (AvgIpc) is 2.68. The molecule has 2 aromatic carbocycles. The second-order valence-corrected chi connectivity index (χ2v) is 6.72. The fourth-order valence-corrected chi connectivity index (χ4v) is 3.17. The molecule has 0 bridgehead atoms. The number of aryl methyl sites for hydroxylation is 1. The molecule has 0 saturated heterocycles. The third-order valence-corrected chi connectivity index (χ3v) is 4.59. The Morgan fingerprint density at radius 1 is 1.03 bits per heavy atom. The molecule has 35 heavy (non-hydrogen) atoms. The summed E-state index contributed by atoms with van der Waals surface area (Å²) in [6, 6.07) is 11.2. The molecule has 5 radical (unpaired) electrons. The number of nitrogens with zero attached hydrogens (tertiary/aromatic N) is 2. The zero-order valence-corrected chi connectivity index (χ0v) is 33.5. The van der Waals surface area contributed by atoms with Crippen LogP contribution in [0.25, 0.3) is 0 Å². The first-order valence-electron chi connectivity index (χ1n) is 8.95. The number of rotatable bonds is 4. The van der Waals surface area contributed by atoms with E-state index in [0.717, 1.165) is 10.5 Å². The first-order chi connectivity index (χ1) is 14.2. The van der Waals surface area contributed by atoms with Crippen LogP contribution >= 0.6 is 0 Å². The molecular formula is C21H18N3O6Y5-. The van der Waals surface area contributed by atoms with Crippen molar-refractivity contribution < 1.29 is 188 Å². The molecular weight excluding hydrogens is 835 g/mol. The molecule has 1 aliphatic heterocycles. The van der Waals surface area contributed by atoms with Crippen molar-refractivity contribution in [3.63, 3.8) is 0 Å². The van der Waals surface area contributed by atoms with Crippen molar-refractivity contribution in [2.75, 3.05) is 0 Å². The van der Waals surface area contributed by atoms with Gasteiger partial charge in [-0.1, -0.05) is 6.92 Å². The molecule has 3 rings (SSSR count). The Bertz CT molecular complexity index is 1080. The number of hydrogen-bond acceptors (Lipinski definition) is 6. The van der Waals surface area contributed by atoms with Crippen molar-refractivity contribution in [1.82, 2.24) is 10.2 Å². The zero-order chi connectivity index (χ0) is 22.0. The number of ether oxygens (including phenoxy) is 1. The molecule has 0 spiro atoms. The Morgan fingerprint density at radius 3 is 2.06 bits per heavy atom. The molecule has 2 aromatic rings. The summed E-state index contributed by atoms with van der Waals surface area (Å²) in [5.41, 5.74) is 1.78. The molecule has 1 aliphatic rings. The number of Topliss-reactive ketones (excluding diaryl/α,β-unsaturated/α-hetero) is 1. The minimum absolute atomic E-state index is 0. The van der Waals surface area contributed by atoms with E-state index in [9.17, 15) is 24.5 Å². The smallest absolute Gasteiger partial charge is 0.410 e. The second-order valence-electron chi connectivity index (χ2n) is 6.72. The van der Waals surface area contributed by atoms with E-state index in [1.807, 2.05) is 6.92 Å². The maximum atomic E-state index is 12.9. The Labute approximate surface area is 329 Å². The summed E-state index contributed by atoms with van der Waals surface area (Å²) in [7, 11) is 0. The van der Waals surface area contributed by atoms with Crippen molar-refractivity contribution in [3.05, 3.63) is 81.0 Å². The number of carbonyl (C=O) groups is 3. The van der Waals surface area contributed by atoms with Crippen molar-refractivity contribution in [2.24, 2.45) is 0 Å². The Balaban J connectivity index is -0.00000205. The van der Waals surface area contributed by atoms with E-state index in [-0.39, 0.29) is 186 Å². The van der Waals surface area contributed by atoms with E-state index in [0.29, 0.717) is 11.3 Å². The van der Waals surface area contributed by atoms with E-state index < -0.39 is 23.1 Å². The number of benzene rings is 2. The molecule has 14 heteroatoms. The van der Waals surface area contributed by atoms with Crippen LogP contribution in [0, 0.1) is 23.1 Å². The second kappa shape index (κ2) is 18.7. The van der Waals surface area contributed by atoms with E-state index in [1.54, 1.807) is 25.1 Å². The number of nitrogens with one attached hydrogen (secondary N) is 1. The van der Waals surface area contributed by atoms with E-state index >= 15 is 0 Å². The quantitative estimate of drug-likeness (QED) is 0.284. The van der Waals surface area contributed by atoms with Gasteiger partial charge in [-0.15, -0.1) is 5.56 Å². The molecule has 1 atom stereocenters. The van der Waals surface area contributed by atoms with E-state index in [4.69, 9.17) is 4.74 Å². The zero-order valence-electron chi connectivity index (χ0n) is 19.3. The maximum absolute atomic E-state index is 12.9. The average molecular weight is 853 g/mol. The molecule has 0 saturated carbocycles. The van der Waals surface area contributed by atoms with Gasteiger partial charge in [0.25, 0.3) is 5.69 Å². The van der Waals surface area contributed by atoms with E-state index in [1.165, 1.54) is 31.2 Å². The third kappa shape index (κ3) is 10.5. The van der Waals surface area contributed by atoms with Crippen LogP contribution in [0.15, 0.2) is 53.7 Å². The predicted octanol–water partition coefficient (Wildman–Crippen LogP) is 3.82. The SMILES string of the molecule is CC(=O)C1=C(C)NC(=O)N(C(=O)Oc2ccc([N+](=O)[O-])cc2)C1c1c[c-]c(C)cc1.[Y].[Y].[Y].[Y].[Y]. The van der Waals surface area contributed by atoms with Gasteiger partial charge in [-0.05, 0) is 26.0 Å². The van der Waals surface area contributed by atoms with Gasteiger partial charge in [0.15, 0.2) is 5.78 Å². The van der Waals surface area contributed by atoms with Gasteiger partial charge in [0.05, 0.1) is 11.0 Å². The van der Waals surface area contributed by atoms with E-state index in [2.05, 4.69) is 11.4 Å². The number of nitro groups is 1. The molecule has 9 nitrogen and oxygen atoms in total. The fraction of sp³-hybridized carbons (Fsp3) is 0.190. The standard InChI is InChI=1S/C21H18N3O6.5Y/c1-12-4-6-15(7-5-12)19-18(14(3)25)13(2)22-20(26)23(19)21(27)30-17-10-8-16(9-11-17)24(28)29;;;;;/h4,6-11,19H,1-3H3,(H,22,26);;;;;/q-1;;;;;. The number of hydrogen-bond donors (Lipinski definition) is 1. The van der Waals surface area contributed by atoms with Crippen LogP contribution in [0.5, 0.6) is 5.75 Å². The number of allylic oxidation sites excluding steroid dienone is 1. The van der Waals surface area contributed by atoms with Crippen molar-refractivity contribution in [1.29, 1.82) is 0 Å². The van der Waals surface area contributed by atoms with Crippen LogP contribution in [0.1, 0.15) is 31.0 Å². The molecule has 0 fully saturated rings. The molecule has 169 valence electrons. The van der Waals surface area contributed by atoms with Gasteiger partial charge in [-0.3, -0.25) is 14.9 Å². The van der Waals surface area contributed by atoms with Gasteiger partial charge in [0, 0.05) is 187 Å². The van der Waals surface area contributed by atoms with Gasteiger partial charge in [-0.25, -0.2) is 14.5 Å². The van der Waals surface area contributed by atoms with Gasteiger partial charge < -0.3 is 10.1 Å². The summed E-state index contributed by atoms with van der Waals surface area (Å²) in [5, 5.41) is 13.3. The topological polar surface area (TPSA) is 119 Å². The molecule has 1 unspecified atom stereocenters. The number of urea groups is 1. The van der Waals surface area contributed by atoms with Crippen LogP contribution in [0.2, 0.25) is 0 Å². The van der Waals surface area contributed by atoms with Crippen molar-refractivity contribution in [2.45, 2.75) is 26.8 Å². The van der Waals surface area contributed by atoms with Crippen molar-refractivity contribution >= 4 is 23.6 Å². The molecule has 0 aromatic heterocycles. The van der Waals surface area contributed by atoms with Gasteiger partial charge in [0.1, 0.15) is 5.75 Å². The van der Waals surface area contributed by atoms with Crippen LogP contribution in [-0.4, -0.2) is 27.7 Å². The Morgan fingerprint density at radius 2 is 1.60 bits per heavy atom. The summed E-state index contributed by atoms with van der Waals surface area (Å²) in [6.07, 6.45) is -1.03. The summed E-state index contributed by atoms with van der Waals surface area (Å²) in [4.78, 5) is 48.9. The molecule has 0 aliphatic carbocycles. The largest absolute Gasteiger partial charge is 0.423 e. The number of ketones is 1. The summed E-state index contributed by atoms with van der Waals surface area (Å²) >= 11 is 0. The first kappa shape index (κ1) is 41.0. The number of non-ortho nitro benzene ring substituents is 1. The van der Waals surface area contributed by atoms with Crippen LogP contribution < -0.4 is 10.1 Å². The monoisotopic (exact) mass is 853 g/mol. The number of amides is 3. The Kier molecular flexibility index (Phi) is 21.9. The summed E-state index contributed by atoms with van der Waals surface area (Å²) in [6.45, 7) is 4.77. The van der Waals surface area contributed by atoms with Gasteiger partial charge in [-0.2, -0.15) is 29.8 Å². The summed E-state index contributed by atoms with van der Waals surface area (Å²) in [5.74, 6) is -0.297. The van der Waals surface area contributed by atoms with Crippen molar-refractivity contribution in [3.8, 4) is 5.75 Å². The van der Waals surface area contributed by atoms with Crippen LogP contribution in [-0.2, 0) is 168 Å². The molecule has 1 N–H and O–H groups in total. The summed E-state index contributed by atoms with van der Waals surface area (Å²) < 4.78 is 5.26. The molecule has 1 heterocycles. The van der Waals surface area contributed by atoms with Crippen LogP contribution in [0.3, 0.4) is 0 Å². The van der Waals surface area contributed by atoms with Gasteiger partial charge in [0.2, 0.25) is 0 Å². The maximum Gasteiger partial charge on any atom is 0.423 e. The first-order valence-corrected chi connectivity index (χ1v) is 8.95. The van der Waals surface area contributed by atoms with Gasteiger partial charge >= 0.3 is 12.1 Å². The molecule has 3 amide bonds. The number of carbonyl (C=O) groups excluding carboxylic acids is 3. The van der Waals surface area contributed by atoms with Crippen LogP contribution in [0.4, 0.5) is 15.3 Å². The number of nitro benzene ring substituents is 1. The Hall–Kier alpha value is 1.51. The minimum Gasteiger partial charge on any atom is -0.410 e. The third-order valence-electron chi connectivity index (χ3n) is 4.59. The predicted molar refractivity (Wildman–Crippen MR) is 106 cm³/mol. The minimum atomic E-state index is -1.03.